The zero-order valence-electron chi connectivity index (χ0n) is 7.58. The maximum absolute atomic E-state index is 9.72. The zero-order chi connectivity index (χ0) is 10.7. The van der Waals surface area contributed by atoms with E-state index in [0.29, 0.717) is 5.56 Å². The molecule has 6 heteroatoms. The van der Waals surface area contributed by atoms with E-state index in [0.717, 1.165) is 7.14 Å². The lowest BCUT2D eigenvalue weighted by Crippen LogP contribution is -2.10. The second kappa shape index (κ2) is 6.73. The molecule has 0 unspecified atom stereocenters. The smallest absolute Gasteiger partial charge is 0.133 e. The van der Waals surface area contributed by atoms with Crippen molar-refractivity contribution in [2.24, 2.45) is 5.73 Å². The van der Waals surface area contributed by atoms with E-state index in [4.69, 9.17) is 11.0 Å². The summed E-state index contributed by atoms with van der Waals surface area (Å²) in [6.07, 6.45) is 0.212. The Morgan fingerprint density at radius 3 is 2.60 bits per heavy atom. The largest absolute Gasteiger partial charge is 0.506 e. The van der Waals surface area contributed by atoms with Gasteiger partial charge in [0.25, 0.3) is 0 Å². The fourth-order valence-corrected chi connectivity index (χ4v) is 2.97. The summed E-state index contributed by atoms with van der Waals surface area (Å²) in [6, 6.07) is 5.24. The molecule has 0 aliphatic heterocycles. The third-order valence-corrected chi connectivity index (χ3v) is 3.21. The van der Waals surface area contributed by atoms with Crippen molar-refractivity contribution in [3.63, 3.8) is 0 Å². The molecule has 15 heavy (non-hydrogen) atoms. The van der Waals surface area contributed by atoms with Crippen molar-refractivity contribution in [3.05, 3.63) is 24.8 Å². The number of nitrogens with two attached hydrogens (primary N) is 1. The van der Waals surface area contributed by atoms with Gasteiger partial charge in [-0.25, -0.2) is 0 Å². The van der Waals surface area contributed by atoms with Gasteiger partial charge in [0.1, 0.15) is 5.75 Å². The topological polar surface area (TPSA) is 70.0 Å². The SMILES string of the molecule is Cl.N#CC[C@H](N)c1cc(I)cc(I)c1O. The molecule has 0 fully saturated rings. The number of nitriles is 1. The van der Waals surface area contributed by atoms with Crippen molar-refractivity contribution in [2.45, 2.75) is 12.5 Å². The number of benzene rings is 1. The summed E-state index contributed by atoms with van der Waals surface area (Å²) in [5.74, 6) is 0.189. The molecular formula is C9H9ClI2N2O. The van der Waals surface area contributed by atoms with E-state index in [2.05, 4.69) is 22.6 Å². The number of phenolic OH excluding ortho intramolecular Hbond substituents is 1. The number of nitrogens with zero attached hydrogens (tertiary/aromatic N) is 1. The van der Waals surface area contributed by atoms with Crippen molar-refractivity contribution in [1.82, 2.24) is 0 Å². The molecule has 0 heterocycles. The summed E-state index contributed by atoms with van der Waals surface area (Å²) in [6.45, 7) is 0. The molecule has 0 bridgehead atoms. The molecule has 0 spiro atoms. The zero-order valence-corrected chi connectivity index (χ0v) is 12.7. The van der Waals surface area contributed by atoms with Crippen LogP contribution in [0.15, 0.2) is 12.1 Å². The van der Waals surface area contributed by atoms with Crippen LogP contribution in [-0.4, -0.2) is 5.11 Å². The lowest BCUT2D eigenvalue weighted by atomic mass is 10.0. The van der Waals surface area contributed by atoms with Crippen LogP contribution in [0.25, 0.3) is 0 Å². The predicted octanol–water partition coefficient (Wildman–Crippen LogP) is 2.94. The summed E-state index contributed by atoms with van der Waals surface area (Å²) < 4.78 is 1.77. The van der Waals surface area contributed by atoms with Crippen molar-refractivity contribution in [1.29, 1.82) is 5.26 Å². The van der Waals surface area contributed by atoms with Gasteiger partial charge in [0, 0.05) is 15.2 Å². The maximum Gasteiger partial charge on any atom is 0.133 e. The van der Waals surface area contributed by atoms with Crippen molar-refractivity contribution in [2.75, 3.05) is 0 Å². The summed E-state index contributed by atoms with van der Waals surface area (Å²) in [5.41, 5.74) is 6.40. The molecule has 1 rings (SSSR count). The Morgan fingerprint density at radius 2 is 2.07 bits per heavy atom. The Hall–Kier alpha value is 0.220. The third-order valence-electron chi connectivity index (χ3n) is 1.77. The van der Waals surface area contributed by atoms with Gasteiger partial charge in [-0.2, -0.15) is 5.26 Å². The molecule has 0 saturated carbocycles. The van der Waals surface area contributed by atoms with Gasteiger partial charge in [-0.1, -0.05) is 0 Å². The van der Waals surface area contributed by atoms with Gasteiger partial charge in [-0.3, -0.25) is 0 Å². The van der Waals surface area contributed by atoms with Crippen LogP contribution in [0, 0.1) is 18.5 Å². The summed E-state index contributed by atoms with van der Waals surface area (Å²) in [5, 5.41) is 18.2. The third kappa shape index (κ3) is 3.94. The van der Waals surface area contributed by atoms with Crippen LogP contribution < -0.4 is 5.73 Å². The molecule has 0 aliphatic carbocycles. The van der Waals surface area contributed by atoms with Crippen LogP contribution in [0.4, 0.5) is 0 Å². The Bertz CT molecular complexity index is 392. The van der Waals surface area contributed by atoms with Crippen molar-refractivity contribution in [3.8, 4) is 11.8 Å². The van der Waals surface area contributed by atoms with Crippen LogP contribution in [0.5, 0.6) is 5.75 Å². The van der Waals surface area contributed by atoms with Gasteiger partial charge in [0.15, 0.2) is 0 Å². The van der Waals surface area contributed by atoms with Crippen LogP contribution in [0.3, 0.4) is 0 Å². The maximum atomic E-state index is 9.72. The van der Waals surface area contributed by atoms with Gasteiger partial charge in [0.05, 0.1) is 16.1 Å². The van der Waals surface area contributed by atoms with Gasteiger partial charge in [0.2, 0.25) is 0 Å². The predicted molar refractivity (Wildman–Crippen MR) is 77.9 cm³/mol. The van der Waals surface area contributed by atoms with Crippen molar-refractivity contribution >= 4 is 57.6 Å². The highest BCUT2D eigenvalue weighted by atomic mass is 127. The van der Waals surface area contributed by atoms with E-state index in [-0.39, 0.29) is 24.6 Å². The standard InChI is InChI=1S/C9H8I2N2O.ClH/c10-5-3-6(8(13)1-2-12)9(14)7(11)4-5;/h3-4,8,14H,1,13H2;1H/t8-;/m0./s1. The quantitative estimate of drug-likeness (QED) is 0.681. The lowest BCUT2D eigenvalue weighted by Gasteiger charge is -2.11. The molecule has 3 nitrogen and oxygen atoms in total. The van der Waals surface area contributed by atoms with Crippen LogP contribution >= 0.6 is 57.6 Å². The monoisotopic (exact) mass is 450 g/mol. The highest BCUT2D eigenvalue weighted by Crippen LogP contribution is 2.31. The number of hydrogen-bond acceptors (Lipinski definition) is 3. The molecule has 0 aromatic heterocycles. The minimum absolute atomic E-state index is 0. The van der Waals surface area contributed by atoms with Crippen LogP contribution in [0.2, 0.25) is 0 Å². The minimum atomic E-state index is -0.414. The van der Waals surface area contributed by atoms with Gasteiger partial charge < -0.3 is 10.8 Å². The Labute approximate surface area is 122 Å². The van der Waals surface area contributed by atoms with E-state index in [1.165, 1.54) is 0 Å². The molecule has 82 valence electrons. The fourth-order valence-electron chi connectivity index (χ4n) is 1.08. The minimum Gasteiger partial charge on any atom is -0.506 e. The van der Waals surface area contributed by atoms with Gasteiger partial charge in [-0.15, -0.1) is 12.4 Å². The average molecular weight is 450 g/mol. The Balaban J connectivity index is 0.00000196. The number of rotatable bonds is 2. The molecular weight excluding hydrogens is 441 g/mol. The highest BCUT2D eigenvalue weighted by Gasteiger charge is 2.13. The molecule has 0 amide bonds. The number of halogens is 3. The van der Waals surface area contributed by atoms with Crippen molar-refractivity contribution < 1.29 is 5.11 Å². The summed E-state index contributed by atoms with van der Waals surface area (Å²) in [4.78, 5) is 0. The Morgan fingerprint density at radius 1 is 1.47 bits per heavy atom. The second-order valence-electron chi connectivity index (χ2n) is 2.79. The molecule has 1 atom stereocenters. The highest BCUT2D eigenvalue weighted by molar-refractivity contribution is 14.1. The first-order valence-corrected chi connectivity index (χ1v) is 6.02. The fraction of sp³-hybridized carbons (Fsp3) is 0.222. The summed E-state index contributed by atoms with van der Waals surface area (Å²) in [7, 11) is 0. The number of hydrogen-bond donors (Lipinski definition) is 2. The van der Waals surface area contributed by atoms with E-state index >= 15 is 0 Å². The first-order valence-electron chi connectivity index (χ1n) is 3.86. The van der Waals surface area contributed by atoms with E-state index in [9.17, 15) is 5.11 Å². The number of phenols is 1. The van der Waals surface area contributed by atoms with Gasteiger partial charge >= 0.3 is 0 Å². The second-order valence-corrected chi connectivity index (χ2v) is 5.20. The molecule has 0 saturated heterocycles. The molecule has 1 aromatic carbocycles. The molecule has 3 N–H and O–H groups in total. The van der Waals surface area contributed by atoms with E-state index in [1.807, 2.05) is 34.7 Å². The molecule has 0 aliphatic rings. The average Bonchev–Trinajstić information content (AvgIpc) is 2.11. The first kappa shape index (κ1) is 15.2. The summed E-state index contributed by atoms with van der Waals surface area (Å²) >= 11 is 4.20. The van der Waals surface area contributed by atoms with Crippen LogP contribution in [-0.2, 0) is 0 Å². The van der Waals surface area contributed by atoms with E-state index in [1.54, 1.807) is 6.07 Å². The van der Waals surface area contributed by atoms with Crippen LogP contribution in [0.1, 0.15) is 18.0 Å². The van der Waals surface area contributed by atoms with E-state index < -0.39 is 6.04 Å². The number of aromatic hydroxyl groups is 1. The molecule has 1 aromatic rings. The first-order chi connectivity index (χ1) is 6.56. The van der Waals surface area contributed by atoms with Gasteiger partial charge in [-0.05, 0) is 57.3 Å². The normalized spacial score (nSPS) is 11.3. The lowest BCUT2D eigenvalue weighted by molar-refractivity contribution is 0.458. The molecule has 0 radical (unpaired) electrons. The Kier molecular flexibility index (Phi) is 6.83.